The number of fused-ring (bicyclic) bond motifs is 1. The van der Waals surface area contributed by atoms with Gasteiger partial charge < -0.3 is 30.1 Å². The molecule has 0 bridgehead atoms. The molecule has 0 aliphatic carbocycles. The van der Waals surface area contributed by atoms with Gasteiger partial charge in [-0.2, -0.15) is 0 Å². The summed E-state index contributed by atoms with van der Waals surface area (Å²) < 4.78 is 5.50. The highest BCUT2D eigenvalue weighted by Gasteiger charge is 2.36. The van der Waals surface area contributed by atoms with E-state index in [2.05, 4.69) is 20.5 Å². The van der Waals surface area contributed by atoms with E-state index in [9.17, 15) is 9.59 Å². The molecule has 10 heteroatoms. The number of carbonyl (C=O) groups excluding carboxylic acids is 2. The Hall–Kier alpha value is -2.08. The van der Waals surface area contributed by atoms with Crippen LogP contribution in [0.1, 0.15) is 36.7 Å². The number of likely N-dealkylation sites (N-methyl/N-ethyl adjacent to an activating group) is 1. The lowest BCUT2D eigenvalue weighted by atomic mass is 10.1. The minimum atomic E-state index is -0.495. The van der Waals surface area contributed by atoms with Gasteiger partial charge in [-0.25, -0.2) is 4.79 Å². The summed E-state index contributed by atoms with van der Waals surface area (Å²) >= 11 is 0. The Morgan fingerprint density at radius 2 is 2.00 bits per heavy atom. The maximum Gasteiger partial charge on any atom is 0.410 e. The lowest BCUT2D eigenvalue weighted by molar-refractivity contribution is 0.0137. The zero-order valence-electron chi connectivity index (χ0n) is 20.3. The van der Waals surface area contributed by atoms with Gasteiger partial charge in [-0.15, -0.1) is 24.0 Å². The highest BCUT2D eigenvalue weighted by atomic mass is 127. The molecular formula is C23H37IN6O3. The second-order valence-electron chi connectivity index (χ2n) is 9.55. The Morgan fingerprint density at radius 3 is 2.70 bits per heavy atom. The van der Waals surface area contributed by atoms with Crippen molar-refractivity contribution >= 4 is 41.9 Å². The fourth-order valence-electron chi connectivity index (χ4n) is 3.72. The molecular weight excluding hydrogens is 535 g/mol. The van der Waals surface area contributed by atoms with Crippen molar-refractivity contribution in [1.29, 1.82) is 0 Å². The Morgan fingerprint density at radius 1 is 1.24 bits per heavy atom. The molecule has 1 aromatic rings. The molecule has 2 amide bonds. The number of nitrogens with zero attached hydrogens (tertiary/aromatic N) is 4. The summed E-state index contributed by atoms with van der Waals surface area (Å²) in [6, 6.07) is 7.79. The predicted molar refractivity (Wildman–Crippen MR) is 140 cm³/mol. The van der Waals surface area contributed by atoms with Crippen LogP contribution in [0.5, 0.6) is 0 Å². The molecule has 0 aromatic heterocycles. The number of aliphatic imine (C=N–C) groups is 1. The van der Waals surface area contributed by atoms with Crippen molar-refractivity contribution in [3.05, 3.63) is 35.4 Å². The number of nitrogens with one attached hydrogen (secondary N) is 2. The molecule has 1 unspecified atom stereocenters. The molecule has 3 rings (SSSR count). The normalized spacial score (nSPS) is 17.8. The number of ether oxygens (including phenoxy) is 1. The fourth-order valence-corrected chi connectivity index (χ4v) is 3.72. The number of benzene rings is 1. The Balaban J connectivity index is 0.00000385. The SMILES string of the molecule is CN(C)CCNC(=O)c1cccc(CNC2=NCC3CN(C(=O)OC(C)(C)C)CCN23)c1.I. The fraction of sp³-hybridized carbons (Fsp3) is 0.609. The molecule has 33 heavy (non-hydrogen) atoms. The van der Waals surface area contributed by atoms with Gasteiger partial charge in [0, 0.05) is 44.8 Å². The van der Waals surface area contributed by atoms with Gasteiger partial charge in [0.2, 0.25) is 0 Å². The van der Waals surface area contributed by atoms with Crippen LogP contribution in [0.15, 0.2) is 29.3 Å². The highest BCUT2D eigenvalue weighted by molar-refractivity contribution is 14.0. The zero-order valence-corrected chi connectivity index (χ0v) is 22.6. The molecule has 0 radical (unpaired) electrons. The molecule has 9 nitrogen and oxygen atoms in total. The van der Waals surface area contributed by atoms with Crippen molar-refractivity contribution in [2.24, 2.45) is 4.99 Å². The van der Waals surface area contributed by atoms with Crippen molar-refractivity contribution in [2.75, 3.05) is 53.4 Å². The van der Waals surface area contributed by atoms with Gasteiger partial charge in [0.15, 0.2) is 5.96 Å². The average Bonchev–Trinajstić information content (AvgIpc) is 3.13. The summed E-state index contributed by atoms with van der Waals surface area (Å²) in [6.07, 6.45) is -0.265. The van der Waals surface area contributed by atoms with Gasteiger partial charge in [-0.1, -0.05) is 12.1 Å². The number of piperazine rings is 1. The largest absolute Gasteiger partial charge is 0.444 e. The monoisotopic (exact) mass is 572 g/mol. The molecule has 2 aliphatic heterocycles. The quantitative estimate of drug-likeness (QED) is 0.507. The van der Waals surface area contributed by atoms with E-state index >= 15 is 0 Å². The van der Waals surface area contributed by atoms with E-state index in [-0.39, 0.29) is 42.0 Å². The van der Waals surface area contributed by atoms with Crippen molar-refractivity contribution in [1.82, 2.24) is 25.3 Å². The van der Waals surface area contributed by atoms with Gasteiger partial charge in [-0.05, 0) is 52.6 Å². The summed E-state index contributed by atoms with van der Waals surface area (Å²) in [6.45, 7) is 10.2. The van der Waals surface area contributed by atoms with Crippen molar-refractivity contribution < 1.29 is 14.3 Å². The summed E-state index contributed by atoms with van der Waals surface area (Å²) in [5.41, 5.74) is 1.18. The molecule has 2 N–H and O–H groups in total. The van der Waals surface area contributed by atoms with Crippen molar-refractivity contribution in [2.45, 2.75) is 39.0 Å². The maximum absolute atomic E-state index is 12.4. The van der Waals surface area contributed by atoms with Crippen LogP contribution in [0, 0.1) is 0 Å². The molecule has 1 aromatic carbocycles. The summed E-state index contributed by atoms with van der Waals surface area (Å²) in [4.78, 5) is 35.4. The van der Waals surface area contributed by atoms with Gasteiger partial charge in [0.1, 0.15) is 5.60 Å². The van der Waals surface area contributed by atoms with E-state index in [1.165, 1.54) is 0 Å². The molecule has 2 heterocycles. The summed E-state index contributed by atoms with van der Waals surface area (Å²) in [5, 5.41) is 6.35. The standard InChI is InChI=1S/C23H36N6O3.HI/c1-23(2,3)32-22(31)28-11-12-29-19(16-28)15-26-21(29)25-14-17-7-6-8-18(13-17)20(30)24-9-10-27(4)5;/h6-8,13,19H,9-12,14-16H2,1-5H3,(H,24,30)(H,25,26);1H. The topological polar surface area (TPSA) is 89.5 Å². The number of carbonyl (C=O) groups is 2. The van der Waals surface area contributed by atoms with Gasteiger partial charge in [0.05, 0.1) is 12.6 Å². The smallest absolute Gasteiger partial charge is 0.410 e. The highest BCUT2D eigenvalue weighted by Crippen LogP contribution is 2.19. The Bertz CT molecular complexity index is 855. The number of guanidine groups is 1. The van der Waals surface area contributed by atoms with E-state index in [4.69, 9.17) is 4.74 Å². The molecule has 184 valence electrons. The Labute approximate surface area is 213 Å². The van der Waals surface area contributed by atoms with E-state index in [0.29, 0.717) is 44.8 Å². The van der Waals surface area contributed by atoms with Gasteiger partial charge in [-0.3, -0.25) is 9.79 Å². The van der Waals surface area contributed by atoms with Crippen LogP contribution in [0.3, 0.4) is 0 Å². The number of rotatable bonds is 6. The molecule has 1 saturated heterocycles. The number of amides is 2. The predicted octanol–water partition coefficient (Wildman–Crippen LogP) is 1.98. The Kier molecular flexibility index (Phi) is 9.77. The number of hydrogen-bond acceptors (Lipinski definition) is 7. The molecule has 1 atom stereocenters. The third-order valence-electron chi connectivity index (χ3n) is 5.34. The lowest BCUT2D eigenvalue weighted by Crippen LogP contribution is -2.57. The molecule has 0 spiro atoms. The number of hydrogen-bond donors (Lipinski definition) is 2. The van der Waals surface area contributed by atoms with Gasteiger partial charge in [0.25, 0.3) is 5.91 Å². The van der Waals surface area contributed by atoms with E-state index in [1.807, 2.05) is 64.0 Å². The van der Waals surface area contributed by atoms with Crippen LogP contribution in [0.4, 0.5) is 4.79 Å². The van der Waals surface area contributed by atoms with Crippen LogP contribution in [-0.2, 0) is 11.3 Å². The van der Waals surface area contributed by atoms with E-state index < -0.39 is 5.60 Å². The first-order chi connectivity index (χ1) is 15.1. The third kappa shape index (κ3) is 8.02. The van der Waals surface area contributed by atoms with Crippen molar-refractivity contribution in [3.8, 4) is 0 Å². The van der Waals surface area contributed by atoms with Crippen LogP contribution in [0.25, 0.3) is 0 Å². The zero-order chi connectivity index (χ0) is 23.3. The molecule has 0 saturated carbocycles. The first-order valence-corrected chi connectivity index (χ1v) is 11.2. The number of halogens is 1. The van der Waals surface area contributed by atoms with Crippen LogP contribution < -0.4 is 10.6 Å². The molecule has 2 aliphatic rings. The average molecular weight is 572 g/mol. The minimum Gasteiger partial charge on any atom is -0.444 e. The molecule has 1 fully saturated rings. The van der Waals surface area contributed by atoms with Crippen molar-refractivity contribution in [3.63, 3.8) is 0 Å². The first kappa shape index (κ1) is 27.2. The van der Waals surface area contributed by atoms with E-state index in [1.54, 1.807) is 4.90 Å². The minimum absolute atomic E-state index is 0. The lowest BCUT2D eigenvalue weighted by Gasteiger charge is -2.39. The third-order valence-corrected chi connectivity index (χ3v) is 5.34. The van der Waals surface area contributed by atoms with Crippen LogP contribution in [-0.4, -0.2) is 97.7 Å². The summed E-state index contributed by atoms with van der Waals surface area (Å²) in [5.74, 6) is 0.782. The van der Waals surface area contributed by atoms with Crippen LogP contribution >= 0.6 is 24.0 Å². The van der Waals surface area contributed by atoms with Crippen LogP contribution in [0.2, 0.25) is 0 Å². The first-order valence-electron chi connectivity index (χ1n) is 11.2. The summed E-state index contributed by atoms with van der Waals surface area (Å²) in [7, 11) is 3.96. The maximum atomic E-state index is 12.4. The second-order valence-corrected chi connectivity index (χ2v) is 9.55. The van der Waals surface area contributed by atoms with E-state index in [0.717, 1.165) is 18.1 Å². The van der Waals surface area contributed by atoms with Gasteiger partial charge >= 0.3 is 6.09 Å². The second kappa shape index (κ2) is 11.9.